The Morgan fingerprint density at radius 1 is 1.36 bits per heavy atom. The summed E-state index contributed by atoms with van der Waals surface area (Å²) in [5, 5.41) is 0. The first-order chi connectivity index (χ1) is 6.64. The van der Waals surface area contributed by atoms with E-state index >= 15 is 0 Å². The number of esters is 1. The first kappa shape index (κ1) is 13.1. The maximum atomic E-state index is 11.2. The van der Waals surface area contributed by atoms with Gasteiger partial charge in [-0.1, -0.05) is 27.2 Å². The molecule has 0 N–H and O–H groups in total. The molecule has 1 atom stereocenters. The number of carbonyl (C=O) groups excluding carboxylic acids is 2. The molecule has 0 radical (unpaired) electrons. The van der Waals surface area contributed by atoms with Crippen molar-refractivity contribution in [3.05, 3.63) is 0 Å². The van der Waals surface area contributed by atoms with E-state index in [2.05, 4.69) is 0 Å². The Kier molecular flexibility index (Phi) is 6.17. The number of aldehydes is 1. The number of hydrogen-bond donors (Lipinski definition) is 0. The van der Waals surface area contributed by atoms with Crippen molar-refractivity contribution in [2.75, 3.05) is 0 Å². The molecule has 0 aromatic carbocycles. The van der Waals surface area contributed by atoms with Crippen molar-refractivity contribution < 1.29 is 14.3 Å². The molecule has 82 valence electrons. The van der Waals surface area contributed by atoms with Crippen LogP contribution in [0.1, 0.15) is 52.9 Å². The van der Waals surface area contributed by atoms with Crippen LogP contribution < -0.4 is 0 Å². The lowest BCUT2D eigenvalue weighted by molar-refractivity contribution is -0.161. The second kappa shape index (κ2) is 6.57. The molecule has 0 aliphatic rings. The van der Waals surface area contributed by atoms with Gasteiger partial charge in [0.1, 0.15) is 11.9 Å². The molecular formula is C11H20O3. The van der Waals surface area contributed by atoms with E-state index in [9.17, 15) is 9.59 Å². The second-order valence-electron chi connectivity index (χ2n) is 3.48. The van der Waals surface area contributed by atoms with Gasteiger partial charge in [-0.2, -0.15) is 0 Å². The van der Waals surface area contributed by atoms with Crippen molar-refractivity contribution in [3.8, 4) is 0 Å². The SMILES string of the molecule is CCCC(CC)(CC=O)OC(=O)CC. The van der Waals surface area contributed by atoms with Crippen molar-refractivity contribution in [1.82, 2.24) is 0 Å². The highest BCUT2D eigenvalue weighted by molar-refractivity contribution is 5.70. The summed E-state index contributed by atoms with van der Waals surface area (Å²) in [5.41, 5.74) is -0.552. The lowest BCUT2D eigenvalue weighted by atomic mass is 9.91. The second-order valence-corrected chi connectivity index (χ2v) is 3.48. The molecule has 0 saturated carbocycles. The average Bonchev–Trinajstić information content (AvgIpc) is 2.18. The van der Waals surface area contributed by atoms with Gasteiger partial charge in [0.25, 0.3) is 0 Å². The van der Waals surface area contributed by atoms with Gasteiger partial charge in [0.2, 0.25) is 0 Å². The van der Waals surface area contributed by atoms with Crippen molar-refractivity contribution in [1.29, 1.82) is 0 Å². The van der Waals surface area contributed by atoms with Crippen LogP contribution in [0.15, 0.2) is 0 Å². The van der Waals surface area contributed by atoms with E-state index in [1.54, 1.807) is 6.92 Å². The predicted octanol–water partition coefficient (Wildman–Crippen LogP) is 2.48. The molecule has 3 heteroatoms. The molecule has 0 aliphatic heterocycles. The molecule has 3 nitrogen and oxygen atoms in total. The van der Waals surface area contributed by atoms with Crippen LogP contribution in [0.2, 0.25) is 0 Å². The highest BCUT2D eigenvalue weighted by atomic mass is 16.6. The van der Waals surface area contributed by atoms with Gasteiger partial charge in [0, 0.05) is 12.8 Å². The van der Waals surface area contributed by atoms with E-state index < -0.39 is 5.60 Å². The maximum absolute atomic E-state index is 11.2. The van der Waals surface area contributed by atoms with E-state index in [-0.39, 0.29) is 5.97 Å². The summed E-state index contributed by atoms with van der Waals surface area (Å²) in [6, 6.07) is 0. The summed E-state index contributed by atoms with van der Waals surface area (Å²) in [6.07, 6.45) is 3.88. The molecule has 0 spiro atoms. The van der Waals surface area contributed by atoms with Crippen LogP contribution in [0.25, 0.3) is 0 Å². The van der Waals surface area contributed by atoms with Gasteiger partial charge in [0.15, 0.2) is 0 Å². The normalized spacial score (nSPS) is 14.5. The third-order valence-electron chi connectivity index (χ3n) is 2.42. The molecule has 0 aliphatic carbocycles. The Hall–Kier alpha value is -0.860. The summed E-state index contributed by atoms with van der Waals surface area (Å²) in [7, 11) is 0. The minimum Gasteiger partial charge on any atom is -0.459 e. The maximum Gasteiger partial charge on any atom is 0.306 e. The molecule has 0 rings (SSSR count). The lowest BCUT2D eigenvalue weighted by Crippen LogP contribution is -2.34. The smallest absolute Gasteiger partial charge is 0.306 e. The largest absolute Gasteiger partial charge is 0.459 e. The van der Waals surface area contributed by atoms with Crippen LogP contribution in [0, 0.1) is 0 Å². The minimum absolute atomic E-state index is 0.220. The van der Waals surface area contributed by atoms with Crippen molar-refractivity contribution in [3.63, 3.8) is 0 Å². The van der Waals surface area contributed by atoms with Crippen LogP contribution in [-0.2, 0) is 14.3 Å². The number of hydrogen-bond acceptors (Lipinski definition) is 3. The Morgan fingerprint density at radius 2 is 2.00 bits per heavy atom. The number of carbonyl (C=O) groups is 2. The summed E-state index contributed by atoms with van der Waals surface area (Å²) in [5.74, 6) is -0.220. The summed E-state index contributed by atoms with van der Waals surface area (Å²) in [4.78, 5) is 21.7. The molecule has 0 amide bonds. The van der Waals surface area contributed by atoms with Gasteiger partial charge >= 0.3 is 5.97 Å². The van der Waals surface area contributed by atoms with Crippen molar-refractivity contribution in [2.45, 2.75) is 58.5 Å². The fourth-order valence-electron chi connectivity index (χ4n) is 1.51. The first-order valence-corrected chi connectivity index (χ1v) is 5.29. The lowest BCUT2D eigenvalue weighted by Gasteiger charge is -2.30. The summed E-state index contributed by atoms with van der Waals surface area (Å²) in [6.45, 7) is 5.73. The fourth-order valence-corrected chi connectivity index (χ4v) is 1.51. The Balaban J connectivity index is 4.46. The van der Waals surface area contributed by atoms with Crippen LogP contribution >= 0.6 is 0 Å². The molecule has 1 unspecified atom stereocenters. The highest BCUT2D eigenvalue weighted by Crippen LogP contribution is 2.26. The van der Waals surface area contributed by atoms with Crippen LogP contribution in [0.3, 0.4) is 0 Å². The zero-order valence-electron chi connectivity index (χ0n) is 9.34. The topological polar surface area (TPSA) is 43.4 Å². The monoisotopic (exact) mass is 200 g/mol. The molecule has 0 aromatic rings. The zero-order valence-corrected chi connectivity index (χ0v) is 9.34. The van der Waals surface area contributed by atoms with Crippen molar-refractivity contribution >= 4 is 12.3 Å². The van der Waals surface area contributed by atoms with Gasteiger partial charge in [-0.15, -0.1) is 0 Å². The molecule has 0 heterocycles. The number of ether oxygens (including phenoxy) is 1. The minimum atomic E-state index is -0.552. The zero-order chi connectivity index (χ0) is 11.0. The van der Waals surface area contributed by atoms with Crippen LogP contribution in [0.5, 0.6) is 0 Å². The highest BCUT2D eigenvalue weighted by Gasteiger charge is 2.30. The third kappa shape index (κ3) is 3.90. The molecule has 0 fully saturated rings. The van der Waals surface area contributed by atoms with E-state index in [0.717, 1.165) is 19.1 Å². The van der Waals surface area contributed by atoms with Gasteiger partial charge < -0.3 is 9.53 Å². The number of rotatable bonds is 7. The summed E-state index contributed by atoms with van der Waals surface area (Å²) >= 11 is 0. The fraction of sp³-hybridized carbons (Fsp3) is 0.818. The van der Waals surface area contributed by atoms with E-state index in [1.807, 2.05) is 13.8 Å². The van der Waals surface area contributed by atoms with Gasteiger partial charge in [0.05, 0.1) is 0 Å². The average molecular weight is 200 g/mol. The molecule has 0 bridgehead atoms. The van der Waals surface area contributed by atoms with Crippen LogP contribution in [0.4, 0.5) is 0 Å². The van der Waals surface area contributed by atoms with E-state index in [0.29, 0.717) is 19.3 Å². The Labute approximate surface area is 85.8 Å². The van der Waals surface area contributed by atoms with Gasteiger partial charge in [-0.05, 0) is 12.8 Å². The van der Waals surface area contributed by atoms with Crippen LogP contribution in [-0.4, -0.2) is 17.9 Å². The standard InChI is InChI=1S/C11H20O3/c1-4-7-11(6-3,8-9-12)14-10(13)5-2/h9H,4-8H2,1-3H3. The Morgan fingerprint density at radius 3 is 2.36 bits per heavy atom. The van der Waals surface area contributed by atoms with E-state index in [4.69, 9.17) is 4.74 Å². The van der Waals surface area contributed by atoms with Crippen molar-refractivity contribution in [2.24, 2.45) is 0 Å². The van der Waals surface area contributed by atoms with Gasteiger partial charge in [-0.25, -0.2) is 0 Å². The summed E-state index contributed by atoms with van der Waals surface area (Å²) < 4.78 is 5.35. The predicted molar refractivity (Wildman–Crippen MR) is 55.0 cm³/mol. The van der Waals surface area contributed by atoms with Gasteiger partial charge in [-0.3, -0.25) is 4.79 Å². The molecular weight excluding hydrogens is 180 g/mol. The molecule has 0 saturated heterocycles. The van der Waals surface area contributed by atoms with E-state index in [1.165, 1.54) is 0 Å². The quantitative estimate of drug-likeness (QED) is 0.468. The molecule has 0 aromatic heterocycles. The third-order valence-corrected chi connectivity index (χ3v) is 2.42. The first-order valence-electron chi connectivity index (χ1n) is 5.29. The molecule has 14 heavy (non-hydrogen) atoms. The Bertz CT molecular complexity index is 189.